The van der Waals surface area contributed by atoms with Gasteiger partial charge in [-0.15, -0.1) is 11.3 Å². The second-order valence-corrected chi connectivity index (χ2v) is 6.44. The molecule has 1 aliphatic heterocycles. The third-order valence-electron chi connectivity index (χ3n) is 3.31. The van der Waals surface area contributed by atoms with Crippen LogP contribution >= 0.6 is 11.3 Å². The lowest BCUT2D eigenvalue weighted by Crippen LogP contribution is -2.57. The maximum Gasteiger partial charge on any atom is 0.0900 e. The monoisotopic (exact) mass is 239 g/mol. The minimum Gasteiger partial charge on any atom is -0.314 e. The van der Waals surface area contributed by atoms with Gasteiger partial charge in [-0.2, -0.15) is 0 Å². The summed E-state index contributed by atoms with van der Waals surface area (Å²) in [5, 5.41) is 4.64. The van der Waals surface area contributed by atoms with E-state index >= 15 is 0 Å². The van der Waals surface area contributed by atoms with E-state index in [1.165, 1.54) is 15.6 Å². The molecule has 0 radical (unpaired) electrons. The maximum atomic E-state index is 4.50. The Bertz CT molecular complexity index is 370. The van der Waals surface area contributed by atoms with E-state index < -0.39 is 0 Å². The lowest BCUT2D eigenvalue weighted by Gasteiger charge is -2.42. The zero-order valence-corrected chi connectivity index (χ0v) is 11.4. The summed E-state index contributed by atoms with van der Waals surface area (Å²) in [4.78, 5) is 8.48. The van der Waals surface area contributed by atoms with Crippen LogP contribution in [0.4, 0.5) is 0 Å². The minimum atomic E-state index is 0.253. The fourth-order valence-electron chi connectivity index (χ4n) is 2.21. The average molecular weight is 239 g/mol. The molecule has 2 rings (SSSR count). The molecule has 0 bridgehead atoms. The highest BCUT2D eigenvalue weighted by atomic mass is 32.1. The molecule has 0 aromatic carbocycles. The topological polar surface area (TPSA) is 28.2 Å². The predicted molar refractivity (Wildman–Crippen MR) is 68.9 cm³/mol. The molecule has 1 N–H and O–H groups in total. The summed E-state index contributed by atoms with van der Waals surface area (Å²) >= 11 is 1.84. The third kappa shape index (κ3) is 2.44. The highest BCUT2D eigenvalue weighted by molar-refractivity contribution is 7.11. The Morgan fingerprint density at radius 3 is 2.75 bits per heavy atom. The Morgan fingerprint density at radius 1 is 1.44 bits per heavy atom. The average Bonchev–Trinajstić information content (AvgIpc) is 2.49. The summed E-state index contributed by atoms with van der Waals surface area (Å²) < 4.78 is 0. The molecule has 1 saturated heterocycles. The van der Waals surface area contributed by atoms with Crippen LogP contribution in [0.5, 0.6) is 0 Å². The van der Waals surface area contributed by atoms with E-state index in [-0.39, 0.29) is 5.54 Å². The van der Waals surface area contributed by atoms with Crippen LogP contribution in [0.25, 0.3) is 0 Å². The summed E-state index contributed by atoms with van der Waals surface area (Å²) in [6.45, 7) is 13.2. The first-order chi connectivity index (χ1) is 7.49. The van der Waals surface area contributed by atoms with Gasteiger partial charge < -0.3 is 5.32 Å². The molecule has 0 aliphatic carbocycles. The van der Waals surface area contributed by atoms with Gasteiger partial charge in [0.15, 0.2) is 0 Å². The summed E-state index contributed by atoms with van der Waals surface area (Å²) in [5.41, 5.74) is 1.46. The molecule has 0 unspecified atom stereocenters. The summed E-state index contributed by atoms with van der Waals surface area (Å²) in [6, 6.07) is 0. The SMILES string of the molecule is Cc1nc(C)c(CN2CCNCC2(C)C)s1. The van der Waals surface area contributed by atoms with Crippen molar-refractivity contribution in [1.29, 1.82) is 0 Å². The van der Waals surface area contributed by atoms with Gasteiger partial charge in [-0.3, -0.25) is 4.90 Å². The van der Waals surface area contributed by atoms with Crippen LogP contribution in [0.2, 0.25) is 0 Å². The van der Waals surface area contributed by atoms with Gasteiger partial charge in [-0.05, 0) is 27.7 Å². The van der Waals surface area contributed by atoms with Crippen LogP contribution < -0.4 is 5.32 Å². The Morgan fingerprint density at radius 2 is 2.19 bits per heavy atom. The number of nitrogens with one attached hydrogen (secondary N) is 1. The highest BCUT2D eigenvalue weighted by Gasteiger charge is 2.30. The molecular formula is C12H21N3S. The zero-order valence-electron chi connectivity index (χ0n) is 10.6. The van der Waals surface area contributed by atoms with Crippen molar-refractivity contribution < 1.29 is 0 Å². The number of piperazine rings is 1. The van der Waals surface area contributed by atoms with Gasteiger partial charge in [0.05, 0.1) is 10.7 Å². The summed E-state index contributed by atoms with van der Waals surface area (Å²) in [7, 11) is 0. The van der Waals surface area contributed by atoms with Gasteiger partial charge >= 0.3 is 0 Å². The quantitative estimate of drug-likeness (QED) is 0.855. The molecule has 3 nitrogen and oxygen atoms in total. The fraction of sp³-hybridized carbons (Fsp3) is 0.750. The lowest BCUT2D eigenvalue weighted by atomic mass is 10.00. The van der Waals surface area contributed by atoms with Crippen molar-refractivity contribution in [3.63, 3.8) is 0 Å². The molecule has 1 aromatic heterocycles. The van der Waals surface area contributed by atoms with Crippen LogP contribution in [-0.2, 0) is 6.54 Å². The molecule has 90 valence electrons. The van der Waals surface area contributed by atoms with Crippen molar-refractivity contribution in [3.05, 3.63) is 15.6 Å². The van der Waals surface area contributed by atoms with E-state index in [1.807, 2.05) is 11.3 Å². The van der Waals surface area contributed by atoms with Gasteiger partial charge in [-0.25, -0.2) is 4.98 Å². The van der Waals surface area contributed by atoms with Crippen LogP contribution in [-0.4, -0.2) is 35.1 Å². The predicted octanol–water partition coefficient (Wildman–Crippen LogP) is 1.94. The van der Waals surface area contributed by atoms with Crippen molar-refractivity contribution in [2.75, 3.05) is 19.6 Å². The molecule has 0 saturated carbocycles. The number of aryl methyl sites for hydroxylation is 2. The van der Waals surface area contributed by atoms with Crippen molar-refractivity contribution in [2.24, 2.45) is 0 Å². The zero-order chi connectivity index (χ0) is 11.8. The van der Waals surface area contributed by atoms with E-state index in [0.717, 1.165) is 26.2 Å². The second kappa shape index (κ2) is 4.43. The first kappa shape index (κ1) is 12.0. The molecule has 4 heteroatoms. The van der Waals surface area contributed by atoms with E-state index in [2.05, 4.69) is 42.9 Å². The molecule has 1 aromatic rings. The van der Waals surface area contributed by atoms with E-state index in [0.29, 0.717) is 0 Å². The Hall–Kier alpha value is -0.450. The van der Waals surface area contributed by atoms with Crippen LogP contribution in [0.15, 0.2) is 0 Å². The largest absolute Gasteiger partial charge is 0.314 e. The molecule has 0 amide bonds. The Labute approximate surface area is 102 Å². The number of hydrogen-bond acceptors (Lipinski definition) is 4. The summed E-state index contributed by atoms with van der Waals surface area (Å²) in [6.07, 6.45) is 0. The number of nitrogens with zero attached hydrogens (tertiary/aromatic N) is 2. The highest BCUT2D eigenvalue weighted by Crippen LogP contribution is 2.24. The van der Waals surface area contributed by atoms with E-state index in [1.54, 1.807) is 0 Å². The van der Waals surface area contributed by atoms with E-state index in [4.69, 9.17) is 0 Å². The number of hydrogen-bond donors (Lipinski definition) is 1. The minimum absolute atomic E-state index is 0.253. The van der Waals surface area contributed by atoms with Crippen molar-refractivity contribution >= 4 is 11.3 Å². The molecule has 0 spiro atoms. The Kier molecular flexibility index (Phi) is 3.33. The second-order valence-electron chi connectivity index (χ2n) is 5.15. The number of thiazole rings is 1. The van der Waals surface area contributed by atoms with E-state index in [9.17, 15) is 0 Å². The lowest BCUT2D eigenvalue weighted by molar-refractivity contribution is 0.0836. The molecular weight excluding hydrogens is 218 g/mol. The first-order valence-corrected chi connectivity index (χ1v) is 6.69. The molecule has 0 atom stereocenters. The van der Waals surface area contributed by atoms with Crippen LogP contribution in [0.1, 0.15) is 29.4 Å². The fourth-order valence-corrected chi connectivity index (χ4v) is 3.16. The third-order valence-corrected chi connectivity index (χ3v) is 4.36. The Balaban J connectivity index is 2.11. The number of aromatic nitrogens is 1. The standard InChI is InChI=1S/C12H21N3S/c1-9-11(16-10(2)14-9)7-15-6-5-13-8-12(15,3)4/h13H,5-8H2,1-4H3. The molecule has 1 fully saturated rings. The van der Waals surface area contributed by atoms with Crippen molar-refractivity contribution in [1.82, 2.24) is 15.2 Å². The molecule has 2 heterocycles. The van der Waals surface area contributed by atoms with Crippen molar-refractivity contribution in [2.45, 2.75) is 39.8 Å². The number of rotatable bonds is 2. The van der Waals surface area contributed by atoms with Gasteiger partial charge in [0.25, 0.3) is 0 Å². The van der Waals surface area contributed by atoms with Gasteiger partial charge in [0.1, 0.15) is 0 Å². The van der Waals surface area contributed by atoms with Crippen LogP contribution in [0, 0.1) is 13.8 Å². The van der Waals surface area contributed by atoms with Crippen LogP contribution in [0.3, 0.4) is 0 Å². The van der Waals surface area contributed by atoms with Gasteiger partial charge in [-0.1, -0.05) is 0 Å². The first-order valence-electron chi connectivity index (χ1n) is 5.88. The summed E-state index contributed by atoms with van der Waals surface area (Å²) in [5.74, 6) is 0. The molecule has 16 heavy (non-hydrogen) atoms. The normalized spacial score (nSPS) is 21.2. The van der Waals surface area contributed by atoms with Crippen molar-refractivity contribution in [3.8, 4) is 0 Å². The smallest absolute Gasteiger partial charge is 0.0900 e. The molecule has 1 aliphatic rings. The van der Waals surface area contributed by atoms with Gasteiger partial charge in [0, 0.05) is 36.6 Å². The maximum absolute atomic E-state index is 4.50. The van der Waals surface area contributed by atoms with Gasteiger partial charge in [0.2, 0.25) is 0 Å².